The third kappa shape index (κ3) is 3.89. The fourth-order valence-corrected chi connectivity index (χ4v) is 3.30. The number of amides is 3. The summed E-state index contributed by atoms with van der Waals surface area (Å²) in [6.45, 7) is 4.74. The summed E-state index contributed by atoms with van der Waals surface area (Å²) in [5.74, 6) is 0.650. The molecule has 0 aromatic heterocycles. The summed E-state index contributed by atoms with van der Waals surface area (Å²) in [6, 6.07) is 14.3. The largest absolute Gasteiger partial charge is 0.497 e. The molecule has 0 saturated carbocycles. The van der Waals surface area contributed by atoms with Gasteiger partial charge in [-0.05, 0) is 49.2 Å². The maximum Gasteiger partial charge on any atom is 0.322 e. The Labute approximate surface area is 159 Å². The third-order valence-corrected chi connectivity index (χ3v) is 4.94. The van der Waals surface area contributed by atoms with E-state index in [9.17, 15) is 9.59 Å². The SMILES string of the molecule is CCc1ccccc1NC(=O)N1CCN(c2ccc(OC)cc2)C(=O)[C@H]1C. The number of carbonyl (C=O) groups is 2. The highest BCUT2D eigenvalue weighted by atomic mass is 16.5. The molecule has 3 rings (SSSR count). The Hall–Kier alpha value is -3.02. The molecule has 1 heterocycles. The van der Waals surface area contributed by atoms with Crippen LogP contribution >= 0.6 is 0 Å². The van der Waals surface area contributed by atoms with E-state index < -0.39 is 6.04 Å². The Bertz CT molecular complexity index is 820. The van der Waals surface area contributed by atoms with E-state index in [1.165, 1.54) is 0 Å². The number of piperazine rings is 1. The predicted molar refractivity (Wildman–Crippen MR) is 106 cm³/mol. The zero-order valence-corrected chi connectivity index (χ0v) is 15.9. The van der Waals surface area contributed by atoms with Crippen molar-refractivity contribution >= 4 is 23.3 Å². The Morgan fingerprint density at radius 2 is 1.85 bits per heavy atom. The van der Waals surface area contributed by atoms with Crippen LogP contribution in [0.5, 0.6) is 5.75 Å². The molecule has 142 valence electrons. The van der Waals surface area contributed by atoms with Crippen molar-refractivity contribution in [3.05, 3.63) is 54.1 Å². The lowest BCUT2D eigenvalue weighted by Crippen LogP contribution is -2.58. The molecule has 1 aliphatic heterocycles. The van der Waals surface area contributed by atoms with Gasteiger partial charge in [0.25, 0.3) is 0 Å². The van der Waals surface area contributed by atoms with Crippen molar-refractivity contribution in [2.45, 2.75) is 26.3 Å². The van der Waals surface area contributed by atoms with Crippen molar-refractivity contribution in [2.75, 3.05) is 30.4 Å². The molecule has 2 aromatic rings. The van der Waals surface area contributed by atoms with E-state index in [1.807, 2.05) is 55.5 Å². The van der Waals surface area contributed by atoms with Crippen molar-refractivity contribution in [1.82, 2.24) is 4.90 Å². The summed E-state index contributed by atoms with van der Waals surface area (Å²) in [5.41, 5.74) is 2.67. The zero-order chi connectivity index (χ0) is 19.4. The van der Waals surface area contributed by atoms with Crippen molar-refractivity contribution in [1.29, 1.82) is 0 Å². The number of rotatable bonds is 4. The van der Waals surface area contributed by atoms with Crippen LogP contribution in [0.4, 0.5) is 16.2 Å². The van der Waals surface area contributed by atoms with Crippen molar-refractivity contribution < 1.29 is 14.3 Å². The van der Waals surface area contributed by atoms with Gasteiger partial charge in [-0.1, -0.05) is 25.1 Å². The van der Waals surface area contributed by atoms with E-state index in [2.05, 4.69) is 5.32 Å². The summed E-state index contributed by atoms with van der Waals surface area (Å²) < 4.78 is 5.16. The first-order valence-corrected chi connectivity index (χ1v) is 9.16. The first-order valence-electron chi connectivity index (χ1n) is 9.16. The summed E-state index contributed by atoms with van der Waals surface area (Å²) in [4.78, 5) is 28.9. The molecule has 0 spiro atoms. The third-order valence-electron chi connectivity index (χ3n) is 4.94. The maximum atomic E-state index is 12.8. The minimum atomic E-state index is -0.533. The summed E-state index contributed by atoms with van der Waals surface area (Å²) in [6.07, 6.45) is 0.830. The van der Waals surface area contributed by atoms with E-state index in [0.717, 1.165) is 29.1 Å². The van der Waals surface area contributed by atoms with Crippen LogP contribution in [0.3, 0.4) is 0 Å². The van der Waals surface area contributed by atoms with Gasteiger partial charge in [-0.25, -0.2) is 4.79 Å². The smallest absolute Gasteiger partial charge is 0.322 e. The van der Waals surface area contributed by atoms with Crippen molar-refractivity contribution in [2.24, 2.45) is 0 Å². The van der Waals surface area contributed by atoms with Crippen LogP contribution in [0.25, 0.3) is 0 Å². The van der Waals surface area contributed by atoms with Gasteiger partial charge >= 0.3 is 6.03 Å². The van der Waals surface area contributed by atoms with E-state index in [1.54, 1.807) is 23.8 Å². The quantitative estimate of drug-likeness (QED) is 0.899. The number of benzene rings is 2. The van der Waals surface area contributed by atoms with Crippen LogP contribution in [0, 0.1) is 0 Å². The molecule has 1 fully saturated rings. The minimum Gasteiger partial charge on any atom is -0.497 e. The van der Waals surface area contributed by atoms with Crippen LogP contribution in [-0.4, -0.2) is 43.1 Å². The fraction of sp³-hybridized carbons (Fsp3) is 0.333. The van der Waals surface area contributed by atoms with Gasteiger partial charge in [0.1, 0.15) is 11.8 Å². The van der Waals surface area contributed by atoms with Crippen molar-refractivity contribution in [3.8, 4) is 5.75 Å². The van der Waals surface area contributed by atoms with Gasteiger partial charge in [0, 0.05) is 24.5 Å². The summed E-state index contributed by atoms with van der Waals surface area (Å²) in [5, 5.41) is 2.95. The molecule has 6 heteroatoms. The molecular formula is C21H25N3O3. The van der Waals surface area contributed by atoms with Gasteiger partial charge in [0.2, 0.25) is 5.91 Å². The molecule has 1 aliphatic rings. The van der Waals surface area contributed by atoms with Gasteiger partial charge < -0.3 is 19.9 Å². The molecule has 1 atom stereocenters. The number of methoxy groups -OCH3 is 1. The monoisotopic (exact) mass is 367 g/mol. The van der Waals surface area contributed by atoms with Gasteiger partial charge in [-0.3, -0.25) is 4.79 Å². The minimum absolute atomic E-state index is 0.0923. The number of urea groups is 1. The Kier molecular flexibility index (Phi) is 5.64. The molecule has 2 aromatic carbocycles. The van der Waals surface area contributed by atoms with Crippen LogP contribution in [-0.2, 0) is 11.2 Å². The Balaban J connectivity index is 1.71. The number of carbonyl (C=O) groups excluding carboxylic acids is 2. The number of nitrogens with zero attached hydrogens (tertiary/aromatic N) is 2. The predicted octanol–water partition coefficient (Wildman–Crippen LogP) is 3.53. The highest BCUT2D eigenvalue weighted by Crippen LogP contribution is 2.24. The lowest BCUT2D eigenvalue weighted by molar-refractivity contribution is -0.123. The van der Waals surface area contributed by atoms with E-state index >= 15 is 0 Å². The molecule has 0 unspecified atom stereocenters. The second kappa shape index (κ2) is 8.12. The molecular weight excluding hydrogens is 342 g/mol. The number of para-hydroxylation sites is 1. The lowest BCUT2D eigenvalue weighted by atomic mass is 10.1. The Morgan fingerprint density at radius 3 is 2.52 bits per heavy atom. The molecule has 0 bridgehead atoms. The van der Waals surface area contributed by atoms with Gasteiger partial charge in [-0.2, -0.15) is 0 Å². The molecule has 3 amide bonds. The normalized spacial score (nSPS) is 17.0. The zero-order valence-electron chi connectivity index (χ0n) is 15.9. The van der Waals surface area contributed by atoms with E-state index in [4.69, 9.17) is 4.74 Å². The highest BCUT2D eigenvalue weighted by molar-refractivity contribution is 6.02. The molecule has 1 N–H and O–H groups in total. The van der Waals surface area contributed by atoms with Crippen LogP contribution in [0.2, 0.25) is 0 Å². The number of ether oxygens (including phenoxy) is 1. The summed E-state index contributed by atoms with van der Waals surface area (Å²) >= 11 is 0. The molecule has 1 saturated heterocycles. The lowest BCUT2D eigenvalue weighted by Gasteiger charge is -2.39. The molecule has 6 nitrogen and oxygen atoms in total. The fourth-order valence-electron chi connectivity index (χ4n) is 3.30. The van der Waals surface area contributed by atoms with Gasteiger partial charge in [-0.15, -0.1) is 0 Å². The van der Waals surface area contributed by atoms with Gasteiger partial charge in [0.15, 0.2) is 0 Å². The first-order chi connectivity index (χ1) is 13.0. The average molecular weight is 367 g/mol. The number of hydrogen-bond donors (Lipinski definition) is 1. The second-order valence-corrected chi connectivity index (χ2v) is 6.50. The summed E-state index contributed by atoms with van der Waals surface area (Å²) in [7, 11) is 1.61. The molecule has 0 radical (unpaired) electrons. The van der Waals surface area contributed by atoms with Gasteiger partial charge in [0.05, 0.1) is 7.11 Å². The molecule has 27 heavy (non-hydrogen) atoms. The number of nitrogens with one attached hydrogen (secondary N) is 1. The topological polar surface area (TPSA) is 61.9 Å². The Morgan fingerprint density at radius 1 is 1.15 bits per heavy atom. The molecule has 0 aliphatic carbocycles. The van der Waals surface area contributed by atoms with Crippen LogP contribution in [0.1, 0.15) is 19.4 Å². The van der Waals surface area contributed by atoms with Crippen LogP contribution < -0.4 is 15.0 Å². The number of hydrogen-bond acceptors (Lipinski definition) is 3. The van der Waals surface area contributed by atoms with Crippen LogP contribution in [0.15, 0.2) is 48.5 Å². The van der Waals surface area contributed by atoms with E-state index in [0.29, 0.717) is 13.1 Å². The second-order valence-electron chi connectivity index (χ2n) is 6.50. The standard InChI is InChI=1S/C21H25N3O3/c1-4-16-7-5-6-8-19(16)22-21(26)23-13-14-24(20(25)15(23)2)17-9-11-18(27-3)12-10-17/h5-12,15H,4,13-14H2,1-3H3,(H,22,26)/t15-/m1/s1. The first kappa shape index (κ1) is 18.8. The highest BCUT2D eigenvalue weighted by Gasteiger charge is 2.35. The maximum absolute atomic E-state index is 12.8. The number of aryl methyl sites for hydroxylation is 1. The number of anilines is 2. The average Bonchev–Trinajstić information content (AvgIpc) is 2.70. The van der Waals surface area contributed by atoms with E-state index in [-0.39, 0.29) is 11.9 Å². The van der Waals surface area contributed by atoms with Crippen molar-refractivity contribution in [3.63, 3.8) is 0 Å².